The van der Waals surface area contributed by atoms with Crippen molar-refractivity contribution in [1.29, 1.82) is 0 Å². The van der Waals surface area contributed by atoms with E-state index >= 15 is 0 Å². The SMILES string of the molecule is CC(C)c1cc(C(=O)Nc2ccnc(Cl)c2)cc(Cl)n1. The van der Waals surface area contributed by atoms with Crippen LogP contribution in [0.15, 0.2) is 30.5 Å². The van der Waals surface area contributed by atoms with E-state index in [1.165, 1.54) is 12.3 Å². The van der Waals surface area contributed by atoms with Crippen LogP contribution in [0.1, 0.15) is 35.8 Å². The number of carbonyl (C=O) groups is 1. The van der Waals surface area contributed by atoms with Gasteiger partial charge >= 0.3 is 0 Å². The first-order valence-corrected chi connectivity index (χ1v) is 6.81. The molecule has 0 saturated heterocycles. The molecule has 0 saturated carbocycles. The highest BCUT2D eigenvalue weighted by molar-refractivity contribution is 6.30. The number of halogens is 2. The van der Waals surface area contributed by atoms with Gasteiger partial charge in [0.1, 0.15) is 10.3 Å². The number of pyridine rings is 2. The predicted octanol–water partition coefficient (Wildman–Crippen LogP) is 4.16. The summed E-state index contributed by atoms with van der Waals surface area (Å²) in [6.07, 6.45) is 1.52. The molecule has 2 aromatic heterocycles. The third-order valence-corrected chi connectivity index (χ3v) is 3.05. The first-order chi connectivity index (χ1) is 9.45. The second-order valence-electron chi connectivity index (χ2n) is 4.58. The number of anilines is 1. The van der Waals surface area contributed by atoms with E-state index in [0.717, 1.165) is 5.69 Å². The molecule has 1 amide bonds. The van der Waals surface area contributed by atoms with Crippen molar-refractivity contribution in [2.75, 3.05) is 5.32 Å². The van der Waals surface area contributed by atoms with Gasteiger partial charge in [-0.15, -0.1) is 0 Å². The molecule has 0 spiro atoms. The van der Waals surface area contributed by atoms with Crippen LogP contribution in [-0.2, 0) is 0 Å². The molecule has 0 bridgehead atoms. The lowest BCUT2D eigenvalue weighted by Crippen LogP contribution is -2.13. The monoisotopic (exact) mass is 309 g/mol. The molecule has 0 aromatic carbocycles. The van der Waals surface area contributed by atoms with Gasteiger partial charge in [-0.25, -0.2) is 9.97 Å². The highest BCUT2D eigenvalue weighted by Crippen LogP contribution is 2.19. The van der Waals surface area contributed by atoms with Gasteiger partial charge < -0.3 is 5.32 Å². The quantitative estimate of drug-likeness (QED) is 0.866. The molecule has 1 N–H and O–H groups in total. The maximum absolute atomic E-state index is 12.2. The van der Waals surface area contributed by atoms with E-state index in [-0.39, 0.29) is 11.8 Å². The average Bonchev–Trinajstić information content (AvgIpc) is 2.37. The Balaban J connectivity index is 2.25. The second-order valence-corrected chi connectivity index (χ2v) is 5.35. The number of rotatable bonds is 3. The van der Waals surface area contributed by atoms with E-state index in [1.54, 1.807) is 18.2 Å². The number of nitrogens with one attached hydrogen (secondary N) is 1. The van der Waals surface area contributed by atoms with Gasteiger partial charge in [-0.1, -0.05) is 37.0 Å². The Hall–Kier alpha value is -1.65. The molecule has 0 aliphatic carbocycles. The standard InChI is InChI=1S/C14H13Cl2N3O/c1-8(2)11-5-9(6-13(16)19-11)14(20)18-10-3-4-17-12(15)7-10/h3-8H,1-2H3,(H,17,18,20). The van der Waals surface area contributed by atoms with Crippen LogP contribution in [0.5, 0.6) is 0 Å². The number of nitrogens with zero attached hydrogens (tertiary/aromatic N) is 2. The molecular weight excluding hydrogens is 297 g/mol. The van der Waals surface area contributed by atoms with E-state index in [0.29, 0.717) is 21.6 Å². The van der Waals surface area contributed by atoms with Crippen LogP contribution in [0.3, 0.4) is 0 Å². The maximum atomic E-state index is 12.2. The van der Waals surface area contributed by atoms with Crippen molar-refractivity contribution in [3.63, 3.8) is 0 Å². The highest BCUT2D eigenvalue weighted by atomic mass is 35.5. The van der Waals surface area contributed by atoms with E-state index in [2.05, 4.69) is 15.3 Å². The minimum atomic E-state index is -0.265. The van der Waals surface area contributed by atoms with Gasteiger partial charge in [0.05, 0.1) is 0 Å². The highest BCUT2D eigenvalue weighted by Gasteiger charge is 2.11. The Morgan fingerprint density at radius 3 is 2.60 bits per heavy atom. The zero-order valence-electron chi connectivity index (χ0n) is 11.0. The summed E-state index contributed by atoms with van der Waals surface area (Å²) in [5.41, 5.74) is 1.81. The number of hydrogen-bond donors (Lipinski definition) is 1. The van der Waals surface area contributed by atoms with Crippen molar-refractivity contribution < 1.29 is 4.79 Å². The minimum Gasteiger partial charge on any atom is -0.322 e. The third-order valence-electron chi connectivity index (χ3n) is 2.65. The van der Waals surface area contributed by atoms with Crippen LogP contribution in [0.4, 0.5) is 5.69 Å². The molecule has 0 unspecified atom stereocenters. The van der Waals surface area contributed by atoms with Gasteiger partial charge in [0.25, 0.3) is 5.91 Å². The molecule has 2 heterocycles. The van der Waals surface area contributed by atoms with E-state index < -0.39 is 0 Å². The lowest BCUT2D eigenvalue weighted by molar-refractivity contribution is 0.102. The summed E-state index contributed by atoms with van der Waals surface area (Å²) in [6.45, 7) is 3.98. The Kier molecular flexibility index (Phi) is 4.57. The molecule has 0 radical (unpaired) electrons. The number of amides is 1. The van der Waals surface area contributed by atoms with Gasteiger partial charge in [-0.2, -0.15) is 0 Å². The predicted molar refractivity (Wildman–Crippen MR) is 80.5 cm³/mol. The smallest absolute Gasteiger partial charge is 0.255 e. The molecule has 2 rings (SSSR count). The molecule has 0 aliphatic heterocycles. The molecule has 0 fully saturated rings. The Morgan fingerprint density at radius 2 is 1.95 bits per heavy atom. The summed E-state index contributed by atoms with van der Waals surface area (Å²) in [5.74, 6) is -0.0749. The fraction of sp³-hybridized carbons (Fsp3) is 0.214. The summed E-state index contributed by atoms with van der Waals surface area (Å²) in [4.78, 5) is 20.2. The minimum absolute atomic E-state index is 0.190. The summed E-state index contributed by atoms with van der Waals surface area (Å²) >= 11 is 11.7. The molecular formula is C14H13Cl2N3O. The van der Waals surface area contributed by atoms with Gasteiger partial charge in [-0.3, -0.25) is 4.79 Å². The van der Waals surface area contributed by atoms with Crippen LogP contribution in [-0.4, -0.2) is 15.9 Å². The Bertz CT molecular complexity index is 644. The summed E-state index contributed by atoms with van der Waals surface area (Å²) < 4.78 is 0. The lowest BCUT2D eigenvalue weighted by atomic mass is 10.1. The van der Waals surface area contributed by atoms with Crippen molar-refractivity contribution in [1.82, 2.24) is 9.97 Å². The number of carbonyl (C=O) groups excluding carboxylic acids is 1. The summed E-state index contributed by atoms with van der Waals surface area (Å²) in [5, 5.41) is 3.36. The summed E-state index contributed by atoms with van der Waals surface area (Å²) in [6, 6.07) is 6.50. The Labute approximate surface area is 127 Å². The zero-order chi connectivity index (χ0) is 14.7. The third kappa shape index (κ3) is 3.68. The van der Waals surface area contributed by atoms with Crippen molar-refractivity contribution in [3.8, 4) is 0 Å². The molecule has 6 heteroatoms. The van der Waals surface area contributed by atoms with Gasteiger partial charge in [-0.05, 0) is 30.2 Å². The van der Waals surface area contributed by atoms with Gasteiger partial charge in [0.2, 0.25) is 0 Å². The van der Waals surface area contributed by atoms with Crippen molar-refractivity contribution in [3.05, 3.63) is 52.0 Å². The maximum Gasteiger partial charge on any atom is 0.255 e. The zero-order valence-corrected chi connectivity index (χ0v) is 12.5. The molecule has 20 heavy (non-hydrogen) atoms. The van der Waals surface area contributed by atoms with Crippen molar-refractivity contribution in [2.24, 2.45) is 0 Å². The van der Waals surface area contributed by atoms with Crippen molar-refractivity contribution in [2.45, 2.75) is 19.8 Å². The van der Waals surface area contributed by atoms with E-state index in [4.69, 9.17) is 23.2 Å². The van der Waals surface area contributed by atoms with E-state index in [9.17, 15) is 4.79 Å². The summed E-state index contributed by atoms with van der Waals surface area (Å²) in [7, 11) is 0. The normalized spacial score (nSPS) is 10.7. The fourth-order valence-corrected chi connectivity index (χ4v) is 2.02. The number of aromatic nitrogens is 2. The fourth-order valence-electron chi connectivity index (χ4n) is 1.63. The van der Waals surface area contributed by atoms with Crippen LogP contribution >= 0.6 is 23.2 Å². The molecule has 104 valence electrons. The molecule has 2 aromatic rings. The van der Waals surface area contributed by atoms with Gasteiger partial charge in [0, 0.05) is 23.1 Å². The first kappa shape index (κ1) is 14.8. The van der Waals surface area contributed by atoms with Gasteiger partial charge in [0.15, 0.2) is 0 Å². The topological polar surface area (TPSA) is 54.9 Å². The largest absolute Gasteiger partial charge is 0.322 e. The molecule has 4 nitrogen and oxygen atoms in total. The van der Waals surface area contributed by atoms with Crippen LogP contribution in [0, 0.1) is 0 Å². The van der Waals surface area contributed by atoms with Crippen LogP contribution < -0.4 is 5.32 Å². The second kappa shape index (κ2) is 6.20. The average molecular weight is 310 g/mol. The van der Waals surface area contributed by atoms with Crippen LogP contribution in [0.2, 0.25) is 10.3 Å². The molecule has 0 aliphatic rings. The first-order valence-electron chi connectivity index (χ1n) is 6.06. The van der Waals surface area contributed by atoms with Crippen molar-refractivity contribution >= 4 is 34.8 Å². The number of hydrogen-bond acceptors (Lipinski definition) is 3. The van der Waals surface area contributed by atoms with E-state index in [1.807, 2.05) is 13.8 Å². The Morgan fingerprint density at radius 1 is 1.20 bits per heavy atom. The molecule has 0 atom stereocenters. The lowest BCUT2D eigenvalue weighted by Gasteiger charge is -2.09. The van der Waals surface area contributed by atoms with Crippen LogP contribution in [0.25, 0.3) is 0 Å².